The molecule has 2 atom stereocenters. The zero-order chi connectivity index (χ0) is 21.8. The molecule has 0 radical (unpaired) electrons. The highest BCUT2D eigenvalue weighted by Gasteiger charge is 2.37. The zero-order valence-corrected chi connectivity index (χ0v) is 18.0. The predicted octanol–water partition coefficient (Wildman–Crippen LogP) is 0.335. The van der Waals surface area contributed by atoms with Gasteiger partial charge < -0.3 is 29.5 Å². The van der Waals surface area contributed by atoms with Gasteiger partial charge in [0.25, 0.3) is 0 Å². The van der Waals surface area contributed by atoms with Crippen LogP contribution in [0.25, 0.3) is 0 Å². The molecular formula is C21H30N4O5. The predicted molar refractivity (Wildman–Crippen MR) is 112 cm³/mol. The molecule has 30 heavy (non-hydrogen) atoms. The van der Waals surface area contributed by atoms with E-state index in [1.807, 2.05) is 7.05 Å². The van der Waals surface area contributed by atoms with Crippen LogP contribution in [-0.2, 0) is 14.4 Å². The Morgan fingerprint density at radius 3 is 2.47 bits per heavy atom. The summed E-state index contributed by atoms with van der Waals surface area (Å²) < 4.78 is 10.6. The summed E-state index contributed by atoms with van der Waals surface area (Å²) in [6.45, 7) is 4.89. The Kier molecular flexibility index (Phi) is 6.81. The molecule has 3 amide bonds. The van der Waals surface area contributed by atoms with Crippen LogP contribution in [0.5, 0.6) is 11.5 Å². The number of ether oxygens (including phenoxy) is 2. The van der Waals surface area contributed by atoms with Gasteiger partial charge in [-0.15, -0.1) is 0 Å². The molecule has 9 nitrogen and oxygen atoms in total. The first-order valence-electron chi connectivity index (χ1n) is 10.1. The quantitative estimate of drug-likeness (QED) is 0.716. The van der Waals surface area contributed by atoms with Crippen molar-refractivity contribution in [1.82, 2.24) is 15.1 Å². The Bertz CT molecular complexity index is 807. The van der Waals surface area contributed by atoms with E-state index >= 15 is 0 Å². The van der Waals surface area contributed by atoms with Crippen molar-refractivity contribution in [3.05, 3.63) is 18.2 Å². The fourth-order valence-electron chi connectivity index (χ4n) is 3.82. The highest BCUT2D eigenvalue weighted by Crippen LogP contribution is 2.35. The fourth-order valence-corrected chi connectivity index (χ4v) is 3.82. The van der Waals surface area contributed by atoms with Crippen LogP contribution in [0.15, 0.2) is 18.2 Å². The third-order valence-electron chi connectivity index (χ3n) is 5.72. The molecule has 2 fully saturated rings. The largest absolute Gasteiger partial charge is 0.497 e. The summed E-state index contributed by atoms with van der Waals surface area (Å²) in [7, 11) is 5.10. The molecule has 2 unspecified atom stereocenters. The van der Waals surface area contributed by atoms with E-state index < -0.39 is 12.0 Å². The highest BCUT2D eigenvalue weighted by molar-refractivity contribution is 6.02. The number of carbonyl (C=O) groups is 3. The second-order valence-corrected chi connectivity index (χ2v) is 7.80. The number of rotatable bonds is 6. The van der Waals surface area contributed by atoms with E-state index in [1.54, 1.807) is 42.0 Å². The molecule has 0 saturated carbocycles. The minimum atomic E-state index is -0.624. The van der Waals surface area contributed by atoms with E-state index in [0.717, 1.165) is 13.1 Å². The van der Waals surface area contributed by atoms with E-state index in [9.17, 15) is 14.4 Å². The number of hydrogen-bond donors (Lipinski definition) is 1. The van der Waals surface area contributed by atoms with E-state index in [-0.39, 0.29) is 30.7 Å². The number of nitrogens with one attached hydrogen (secondary N) is 1. The molecule has 3 rings (SSSR count). The van der Waals surface area contributed by atoms with Gasteiger partial charge in [0.1, 0.15) is 17.5 Å². The number of amides is 3. The summed E-state index contributed by atoms with van der Waals surface area (Å²) in [4.78, 5) is 43.5. The van der Waals surface area contributed by atoms with Crippen molar-refractivity contribution >= 4 is 23.4 Å². The van der Waals surface area contributed by atoms with Crippen LogP contribution in [-0.4, -0.2) is 87.6 Å². The lowest BCUT2D eigenvalue weighted by Gasteiger charge is -2.34. The van der Waals surface area contributed by atoms with Crippen molar-refractivity contribution < 1.29 is 23.9 Å². The van der Waals surface area contributed by atoms with Crippen molar-refractivity contribution in [2.75, 3.05) is 58.9 Å². The summed E-state index contributed by atoms with van der Waals surface area (Å²) in [6, 6.07) is 4.57. The van der Waals surface area contributed by atoms with Crippen molar-refractivity contribution in [1.29, 1.82) is 0 Å². The van der Waals surface area contributed by atoms with E-state index in [2.05, 4.69) is 10.2 Å². The second kappa shape index (κ2) is 9.34. The van der Waals surface area contributed by atoms with Crippen LogP contribution >= 0.6 is 0 Å². The maximum absolute atomic E-state index is 12.8. The molecule has 2 saturated heterocycles. The molecule has 0 bridgehead atoms. The highest BCUT2D eigenvalue weighted by atomic mass is 16.5. The number of likely N-dealkylation sites (N-methyl/N-ethyl adjacent to an activating group) is 1. The van der Waals surface area contributed by atoms with Gasteiger partial charge >= 0.3 is 0 Å². The van der Waals surface area contributed by atoms with Crippen molar-refractivity contribution in [3.8, 4) is 11.5 Å². The van der Waals surface area contributed by atoms with Gasteiger partial charge in [-0.05, 0) is 26.1 Å². The molecule has 2 aliphatic rings. The minimum absolute atomic E-state index is 0.0885. The smallest absolute Gasteiger partial charge is 0.244 e. The lowest BCUT2D eigenvalue weighted by Crippen LogP contribution is -2.54. The van der Waals surface area contributed by atoms with Crippen LogP contribution in [0.4, 0.5) is 5.69 Å². The number of hydrogen-bond acceptors (Lipinski definition) is 6. The van der Waals surface area contributed by atoms with Crippen molar-refractivity contribution in [3.63, 3.8) is 0 Å². The van der Waals surface area contributed by atoms with Crippen LogP contribution < -0.4 is 19.7 Å². The van der Waals surface area contributed by atoms with Gasteiger partial charge in [-0.1, -0.05) is 0 Å². The van der Waals surface area contributed by atoms with Gasteiger partial charge in [0, 0.05) is 45.2 Å². The number of anilines is 1. The summed E-state index contributed by atoms with van der Waals surface area (Å²) >= 11 is 0. The molecule has 1 N–H and O–H groups in total. The molecule has 0 aromatic heterocycles. The molecule has 0 aliphatic carbocycles. The van der Waals surface area contributed by atoms with Gasteiger partial charge in [-0.25, -0.2) is 0 Å². The SMILES string of the molecule is COc1ccc(N2CC(C(=O)NC(C)C(=O)N3CCN(C)CC3)CC2=O)c(OC)c1. The topological polar surface area (TPSA) is 91.4 Å². The Morgan fingerprint density at radius 2 is 1.83 bits per heavy atom. The molecule has 9 heteroatoms. The van der Waals surface area contributed by atoms with Crippen LogP contribution in [0.1, 0.15) is 13.3 Å². The van der Waals surface area contributed by atoms with Gasteiger partial charge in [-0.3, -0.25) is 14.4 Å². The second-order valence-electron chi connectivity index (χ2n) is 7.80. The first-order chi connectivity index (χ1) is 14.3. The van der Waals surface area contributed by atoms with Gasteiger partial charge in [0.2, 0.25) is 17.7 Å². The van der Waals surface area contributed by atoms with Gasteiger partial charge in [0.15, 0.2) is 0 Å². The summed E-state index contributed by atoms with van der Waals surface area (Å²) in [5.41, 5.74) is 0.597. The Hall–Kier alpha value is -2.81. The molecular weight excluding hydrogens is 388 g/mol. The average Bonchev–Trinajstić information content (AvgIpc) is 3.14. The van der Waals surface area contributed by atoms with E-state index in [1.165, 1.54) is 7.11 Å². The van der Waals surface area contributed by atoms with E-state index in [4.69, 9.17) is 9.47 Å². The Labute approximate surface area is 176 Å². The number of piperazine rings is 1. The third kappa shape index (κ3) is 4.67. The standard InChI is InChI=1S/C21H30N4O5/c1-14(21(28)24-9-7-23(2)8-10-24)22-20(27)15-11-19(26)25(13-15)17-6-5-16(29-3)12-18(17)30-4/h5-6,12,14-15H,7-11,13H2,1-4H3,(H,22,27). The molecule has 2 heterocycles. The number of methoxy groups -OCH3 is 2. The van der Waals surface area contributed by atoms with Crippen LogP contribution in [0.2, 0.25) is 0 Å². The molecule has 2 aliphatic heterocycles. The lowest BCUT2D eigenvalue weighted by atomic mass is 10.1. The Balaban J connectivity index is 1.62. The first kappa shape index (κ1) is 21.9. The maximum atomic E-state index is 12.8. The minimum Gasteiger partial charge on any atom is -0.497 e. The average molecular weight is 418 g/mol. The normalized spacial score (nSPS) is 20.8. The Morgan fingerprint density at radius 1 is 1.13 bits per heavy atom. The van der Waals surface area contributed by atoms with Crippen LogP contribution in [0, 0.1) is 5.92 Å². The summed E-state index contributed by atoms with van der Waals surface area (Å²) in [6.07, 6.45) is 0.0937. The van der Waals surface area contributed by atoms with Gasteiger partial charge in [0.05, 0.1) is 25.8 Å². The van der Waals surface area contributed by atoms with E-state index in [0.29, 0.717) is 30.3 Å². The van der Waals surface area contributed by atoms with Crippen LogP contribution in [0.3, 0.4) is 0 Å². The maximum Gasteiger partial charge on any atom is 0.244 e. The van der Waals surface area contributed by atoms with Crippen molar-refractivity contribution in [2.45, 2.75) is 19.4 Å². The number of benzene rings is 1. The first-order valence-corrected chi connectivity index (χ1v) is 10.1. The molecule has 1 aromatic rings. The molecule has 164 valence electrons. The monoisotopic (exact) mass is 418 g/mol. The summed E-state index contributed by atoms with van der Waals surface area (Å²) in [5, 5.41) is 2.80. The van der Waals surface area contributed by atoms with Crippen molar-refractivity contribution in [2.24, 2.45) is 5.92 Å². The zero-order valence-electron chi connectivity index (χ0n) is 18.0. The fraction of sp³-hybridized carbons (Fsp3) is 0.571. The third-order valence-corrected chi connectivity index (χ3v) is 5.72. The molecule has 0 spiro atoms. The summed E-state index contributed by atoms with van der Waals surface area (Å²) in [5.74, 6) is 0.0709. The van der Waals surface area contributed by atoms with Gasteiger partial charge in [-0.2, -0.15) is 0 Å². The molecule has 1 aromatic carbocycles. The number of carbonyl (C=O) groups excluding carboxylic acids is 3. The number of nitrogens with zero attached hydrogens (tertiary/aromatic N) is 3. The lowest BCUT2D eigenvalue weighted by molar-refractivity contribution is -0.138.